The van der Waals surface area contributed by atoms with Gasteiger partial charge in [-0.25, -0.2) is 14.1 Å². The van der Waals surface area contributed by atoms with Gasteiger partial charge in [0.25, 0.3) is 0 Å². The second kappa shape index (κ2) is 9.82. The first-order valence-electron chi connectivity index (χ1n) is 12.2. The molecule has 0 aliphatic carbocycles. The van der Waals surface area contributed by atoms with E-state index >= 15 is 0 Å². The Balaban J connectivity index is 1.54. The number of imidazole rings is 1. The maximum atomic E-state index is 13.9. The van der Waals surface area contributed by atoms with Gasteiger partial charge in [-0.15, -0.1) is 0 Å². The lowest BCUT2D eigenvalue weighted by Gasteiger charge is -2.29. The smallest absolute Gasteiger partial charge is 0.206 e. The van der Waals surface area contributed by atoms with Gasteiger partial charge >= 0.3 is 0 Å². The van der Waals surface area contributed by atoms with Crippen molar-refractivity contribution >= 4 is 40.2 Å². The van der Waals surface area contributed by atoms with Crippen molar-refractivity contribution in [2.45, 2.75) is 13.5 Å². The molecule has 6 nitrogen and oxygen atoms in total. The third kappa shape index (κ3) is 4.59. The molecule has 1 fully saturated rings. The number of aromatic nitrogens is 4. The Labute approximate surface area is 224 Å². The van der Waals surface area contributed by atoms with Crippen LogP contribution >= 0.6 is 23.2 Å². The topological polar surface area (TPSA) is 50.9 Å². The highest BCUT2D eigenvalue weighted by Crippen LogP contribution is 2.36. The molecule has 9 heteroatoms. The standard InChI is InChI=1S/C28H25Cl2FN6/c1-18-2-5-21(6-3-18)37-25(8-9-33-37)22-15-20(29)16-26-27(22)34-28(35-12-10-32-11-13-35)36(26)17-19-4-7-24(31)23(30)14-19/h2-9,14-16,32H,10-13,17H2,1H3. The number of piperazine rings is 1. The molecule has 0 radical (unpaired) electrons. The molecule has 37 heavy (non-hydrogen) atoms. The summed E-state index contributed by atoms with van der Waals surface area (Å²) in [7, 11) is 0. The van der Waals surface area contributed by atoms with Crippen LogP contribution in [0.5, 0.6) is 0 Å². The van der Waals surface area contributed by atoms with Gasteiger partial charge in [-0.1, -0.05) is 47.0 Å². The molecule has 0 bridgehead atoms. The normalized spacial score (nSPS) is 14.0. The Morgan fingerprint density at radius 2 is 1.76 bits per heavy atom. The Morgan fingerprint density at radius 3 is 2.51 bits per heavy atom. The van der Waals surface area contributed by atoms with Gasteiger partial charge in [-0.3, -0.25) is 0 Å². The first-order chi connectivity index (χ1) is 18.0. The van der Waals surface area contributed by atoms with Gasteiger partial charge in [-0.05, 0) is 55.0 Å². The van der Waals surface area contributed by atoms with Crippen LogP contribution in [0, 0.1) is 12.7 Å². The molecule has 0 unspecified atom stereocenters. The van der Waals surface area contributed by atoms with Crippen LogP contribution in [-0.2, 0) is 6.54 Å². The second-order valence-corrected chi connectivity index (χ2v) is 10.1. The Kier molecular flexibility index (Phi) is 6.36. The van der Waals surface area contributed by atoms with Gasteiger partial charge in [0, 0.05) is 36.8 Å². The van der Waals surface area contributed by atoms with Crippen molar-refractivity contribution in [3.63, 3.8) is 0 Å². The predicted octanol–water partition coefficient (Wildman–Crippen LogP) is 6.10. The monoisotopic (exact) mass is 534 g/mol. The minimum Gasteiger partial charge on any atom is -0.340 e. The number of hydrogen-bond acceptors (Lipinski definition) is 4. The summed E-state index contributed by atoms with van der Waals surface area (Å²) in [4.78, 5) is 7.45. The molecule has 188 valence electrons. The Bertz CT molecular complexity index is 1580. The minimum atomic E-state index is -0.432. The van der Waals surface area contributed by atoms with E-state index in [9.17, 15) is 4.39 Å². The van der Waals surface area contributed by atoms with Crippen LogP contribution in [-0.4, -0.2) is 45.5 Å². The van der Waals surface area contributed by atoms with Gasteiger partial charge in [0.2, 0.25) is 5.95 Å². The Hall–Kier alpha value is -3.39. The lowest BCUT2D eigenvalue weighted by molar-refractivity contribution is 0.571. The number of nitrogens with zero attached hydrogens (tertiary/aromatic N) is 5. The largest absolute Gasteiger partial charge is 0.340 e. The van der Waals surface area contributed by atoms with E-state index in [0.717, 1.165) is 65.7 Å². The minimum absolute atomic E-state index is 0.103. The molecule has 1 aliphatic rings. The zero-order valence-electron chi connectivity index (χ0n) is 20.3. The van der Waals surface area contributed by atoms with Crippen LogP contribution in [0.25, 0.3) is 28.0 Å². The average molecular weight is 535 g/mol. The molecule has 1 aliphatic heterocycles. The van der Waals surface area contributed by atoms with E-state index in [0.29, 0.717) is 11.6 Å². The van der Waals surface area contributed by atoms with E-state index in [1.54, 1.807) is 18.3 Å². The first-order valence-corrected chi connectivity index (χ1v) is 12.9. The van der Waals surface area contributed by atoms with Crippen molar-refractivity contribution in [3.05, 3.63) is 93.8 Å². The van der Waals surface area contributed by atoms with Gasteiger partial charge < -0.3 is 14.8 Å². The summed E-state index contributed by atoms with van der Waals surface area (Å²) in [5.41, 5.74) is 6.55. The highest BCUT2D eigenvalue weighted by molar-refractivity contribution is 6.32. The van der Waals surface area contributed by atoms with Crippen LogP contribution < -0.4 is 10.2 Å². The lowest BCUT2D eigenvalue weighted by atomic mass is 10.1. The third-order valence-electron chi connectivity index (χ3n) is 6.72. The summed E-state index contributed by atoms with van der Waals surface area (Å²) >= 11 is 12.8. The summed E-state index contributed by atoms with van der Waals surface area (Å²) in [6.45, 7) is 5.95. The van der Waals surface area contributed by atoms with E-state index < -0.39 is 5.82 Å². The summed E-state index contributed by atoms with van der Waals surface area (Å²) < 4.78 is 17.9. The average Bonchev–Trinajstić information content (AvgIpc) is 3.52. The zero-order valence-corrected chi connectivity index (χ0v) is 21.8. The molecule has 6 rings (SSSR count). The molecular formula is C28H25Cl2FN6. The van der Waals surface area contributed by atoms with E-state index in [-0.39, 0.29) is 5.02 Å². The summed E-state index contributed by atoms with van der Waals surface area (Å²) in [5, 5.41) is 8.71. The van der Waals surface area contributed by atoms with Crippen molar-refractivity contribution in [3.8, 4) is 16.9 Å². The van der Waals surface area contributed by atoms with Crippen LogP contribution in [0.3, 0.4) is 0 Å². The summed E-state index contributed by atoms with van der Waals surface area (Å²) in [6, 6.07) is 18.9. The van der Waals surface area contributed by atoms with Crippen molar-refractivity contribution < 1.29 is 4.39 Å². The van der Waals surface area contributed by atoms with Crippen molar-refractivity contribution in [2.75, 3.05) is 31.1 Å². The summed E-state index contributed by atoms with van der Waals surface area (Å²) in [6.07, 6.45) is 1.79. The van der Waals surface area contributed by atoms with Gasteiger partial charge in [0.15, 0.2) is 0 Å². The first kappa shape index (κ1) is 24.0. The van der Waals surface area contributed by atoms with E-state index in [1.807, 2.05) is 22.9 Å². The number of nitrogens with one attached hydrogen (secondary N) is 1. The molecule has 5 aromatic rings. The predicted molar refractivity (Wildman–Crippen MR) is 148 cm³/mol. The van der Waals surface area contributed by atoms with Gasteiger partial charge in [0.05, 0.1) is 34.7 Å². The van der Waals surface area contributed by atoms with Gasteiger partial charge in [-0.2, -0.15) is 5.10 Å². The zero-order chi connectivity index (χ0) is 25.5. The number of hydrogen-bond donors (Lipinski definition) is 1. The van der Waals surface area contributed by atoms with Gasteiger partial charge in [0.1, 0.15) is 11.3 Å². The highest BCUT2D eigenvalue weighted by atomic mass is 35.5. The number of rotatable bonds is 5. The van der Waals surface area contributed by atoms with Crippen LogP contribution in [0.15, 0.2) is 66.9 Å². The van der Waals surface area contributed by atoms with Crippen molar-refractivity contribution in [2.24, 2.45) is 0 Å². The van der Waals surface area contributed by atoms with Crippen LogP contribution in [0.1, 0.15) is 11.1 Å². The molecule has 3 aromatic carbocycles. The fourth-order valence-electron chi connectivity index (χ4n) is 4.85. The highest BCUT2D eigenvalue weighted by Gasteiger charge is 2.23. The third-order valence-corrected chi connectivity index (χ3v) is 7.23. The SMILES string of the molecule is Cc1ccc(-n2nccc2-c2cc(Cl)cc3c2nc(N2CCNCC2)n3Cc2ccc(F)c(Cl)c2)cc1. The number of aryl methyl sites for hydroxylation is 1. The van der Waals surface area contributed by atoms with Crippen LogP contribution in [0.2, 0.25) is 10.0 Å². The molecule has 3 heterocycles. The maximum absolute atomic E-state index is 13.9. The van der Waals surface area contributed by atoms with Crippen molar-refractivity contribution in [1.29, 1.82) is 0 Å². The van der Waals surface area contributed by atoms with E-state index in [4.69, 9.17) is 28.2 Å². The molecular weight excluding hydrogens is 510 g/mol. The fraction of sp³-hybridized carbons (Fsp3) is 0.214. The fourth-order valence-corrected chi connectivity index (χ4v) is 5.27. The molecule has 0 saturated carbocycles. The number of fused-ring (bicyclic) bond motifs is 1. The second-order valence-electron chi connectivity index (χ2n) is 9.27. The molecule has 0 spiro atoms. The van der Waals surface area contributed by atoms with E-state index in [2.05, 4.69) is 51.1 Å². The van der Waals surface area contributed by atoms with Crippen molar-refractivity contribution in [1.82, 2.24) is 24.6 Å². The maximum Gasteiger partial charge on any atom is 0.206 e. The van der Waals surface area contributed by atoms with Crippen LogP contribution in [0.4, 0.5) is 10.3 Å². The Morgan fingerprint density at radius 1 is 0.973 bits per heavy atom. The van der Waals surface area contributed by atoms with E-state index in [1.165, 1.54) is 11.6 Å². The number of halogens is 3. The molecule has 0 amide bonds. The number of anilines is 1. The lowest BCUT2D eigenvalue weighted by Crippen LogP contribution is -2.44. The summed E-state index contributed by atoms with van der Waals surface area (Å²) in [5.74, 6) is 0.416. The molecule has 2 aromatic heterocycles. The molecule has 0 atom stereocenters. The number of benzene rings is 3. The molecule has 1 N–H and O–H groups in total. The molecule has 1 saturated heterocycles. The quantitative estimate of drug-likeness (QED) is 0.296.